The minimum absolute atomic E-state index is 0.0386. The molecule has 0 bridgehead atoms. The van der Waals surface area contributed by atoms with E-state index in [0.29, 0.717) is 23.9 Å². The van der Waals surface area contributed by atoms with Gasteiger partial charge in [-0.25, -0.2) is 0 Å². The molecule has 10 heteroatoms. The molecule has 3 atom stereocenters. The Hall–Kier alpha value is -3.85. The zero-order valence-corrected chi connectivity index (χ0v) is 55.0. The van der Waals surface area contributed by atoms with Gasteiger partial charge in [0, 0.05) is 12.8 Å². The summed E-state index contributed by atoms with van der Waals surface area (Å²) in [4.78, 5) is 40.1. The van der Waals surface area contributed by atoms with Gasteiger partial charge in [-0.1, -0.05) is 258 Å². The van der Waals surface area contributed by atoms with E-state index in [4.69, 9.17) is 13.8 Å². The highest BCUT2D eigenvalue weighted by molar-refractivity contribution is 7.45. The summed E-state index contributed by atoms with van der Waals surface area (Å²) in [5.74, 6) is -0.601. The van der Waals surface area contributed by atoms with Gasteiger partial charge in [0.1, 0.15) is 19.3 Å². The lowest BCUT2D eigenvalue weighted by Crippen LogP contribution is -2.47. The molecule has 0 aromatic rings. The minimum Gasteiger partial charge on any atom is -0.756 e. The number of likely N-dealkylation sites (N-methyl/N-ethyl adjacent to an activating group) is 1. The zero-order valence-electron chi connectivity index (χ0n) is 54.1. The molecular weight excluding hydrogens is 1050 g/mol. The summed E-state index contributed by atoms with van der Waals surface area (Å²) in [6, 6.07) is -0.922. The van der Waals surface area contributed by atoms with E-state index in [1.807, 2.05) is 33.3 Å². The Bertz CT molecular complexity index is 1880. The predicted molar refractivity (Wildman–Crippen MR) is 357 cm³/mol. The summed E-state index contributed by atoms with van der Waals surface area (Å²) in [6.45, 7) is 6.66. The third kappa shape index (κ3) is 62.5. The van der Waals surface area contributed by atoms with Crippen LogP contribution in [0.3, 0.4) is 0 Å². The van der Waals surface area contributed by atoms with E-state index in [0.717, 1.165) is 135 Å². The number of rotatable bonds is 59. The molecule has 0 saturated heterocycles. The lowest BCUT2D eigenvalue weighted by Gasteiger charge is -2.30. The molecule has 83 heavy (non-hydrogen) atoms. The van der Waals surface area contributed by atoms with Crippen LogP contribution in [-0.2, 0) is 27.9 Å². The molecule has 1 amide bonds. The van der Waals surface area contributed by atoms with Crippen molar-refractivity contribution in [1.29, 1.82) is 0 Å². The number of nitrogens with one attached hydrogen (secondary N) is 1. The highest BCUT2D eigenvalue weighted by Crippen LogP contribution is 2.38. The molecule has 0 radical (unpaired) electrons. The van der Waals surface area contributed by atoms with Gasteiger partial charge in [0.2, 0.25) is 5.91 Å². The summed E-state index contributed by atoms with van der Waals surface area (Å²) < 4.78 is 30.4. The van der Waals surface area contributed by atoms with Crippen LogP contribution in [0, 0.1) is 0 Å². The number of quaternary nitrogens is 1. The molecular formula is C73H125N2O7P. The summed E-state index contributed by atoms with van der Waals surface area (Å²) in [5, 5.41) is 3.01. The van der Waals surface area contributed by atoms with Gasteiger partial charge in [0.25, 0.3) is 7.82 Å². The average Bonchev–Trinajstić information content (AvgIpc) is 3.46. The van der Waals surface area contributed by atoms with Crippen molar-refractivity contribution in [2.45, 2.75) is 277 Å². The fraction of sp³-hybridized carbons (Fsp3) is 0.671. The maximum atomic E-state index is 13.6. The van der Waals surface area contributed by atoms with Gasteiger partial charge in [-0.2, -0.15) is 0 Å². The SMILES string of the molecule is CC/C=C\C/C=C\C/C=C\C/C=C\C/C=C\C/C=C\CCCCCCCCC(=O)OC(/C=C\CCCCCCCCCCCCC)C(COP(=O)([O-])OCC[N+](C)(C)C)NC(=O)CCCCC/C=C\C/C=C\C/C=C\C/C=C\CCCCC. The second-order valence-corrected chi connectivity index (χ2v) is 24.6. The molecule has 9 nitrogen and oxygen atoms in total. The molecule has 474 valence electrons. The van der Waals surface area contributed by atoms with Crippen LogP contribution in [-0.4, -0.2) is 69.4 Å². The fourth-order valence-corrected chi connectivity index (χ4v) is 9.64. The van der Waals surface area contributed by atoms with Gasteiger partial charge in [-0.15, -0.1) is 0 Å². The first-order chi connectivity index (χ1) is 40.4. The largest absolute Gasteiger partial charge is 0.756 e. The van der Waals surface area contributed by atoms with E-state index in [2.05, 4.69) is 148 Å². The molecule has 3 unspecified atom stereocenters. The third-order valence-electron chi connectivity index (χ3n) is 14.1. The van der Waals surface area contributed by atoms with Gasteiger partial charge in [0.15, 0.2) is 0 Å². The molecule has 0 rings (SSSR count). The number of hydrogen-bond donors (Lipinski definition) is 1. The van der Waals surface area contributed by atoms with Crippen molar-refractivity contribution in [3.05, 3.63) is 134 Å². The number of hydrogen-bond acceptors (Lipinski definition) is 7. The van der Waals surface area contributed by atoms with E-state index in [1.54, 1.807) is 0 Å². The number of phosphoric ester groups is 1. The molecule has 0 saturated carbocycles. The Kier molecular flexibility index (Phi) is 58.4. The van der Waals surface area contributed by atoms with Crippen molar-refractivity contribution in [2.24, 2.45) is 0 Å². The Balaban J connectivity index is 5.29. The van der Waals surface area contributed by atoms with Gasteiger partial charge in [-0.3, -0.25) is 14.2 Å². The van der Waals surface area contributed by atoms with Gasteiger partial charge in [0.05, 0.1) is 33.8 Å². The maximum Gasteiger partial charge on any atom is 0.306 e. The van der Waals surface area contributed by atoms with Crippen molar-refractivity contribution in [3.63, 3.8) is 0 Å². The van der Waals surface area contributed by atoms with Crippen LogP contribution >= 0.6 is 7.82 Å². The van der Waals surface area contributed by atoms with Crippen LogP contribution in [0.15, 0.2) is 134 Å². The highest BCUT2D eigenvalue weighted by Gasteiger charge is 2.27. The number of esters is 1. The molecule has 0 aliphatic rings. The number of amides is 1. The summed E-state index contributed by atoms with van der Waals surface area (Å²) in [5.41, 5.74) is 0. The number of phosphoric acid groups is 1. The molecule has 0 aromatic carbocycles. The van der Waals surface area contributed by atoms with E-state index in [1.165, 1.54) is 83.5 Å². The van der Waals surface area contributed by atoms with E-state index < -0.39 is 26.6 Å². The van der Waals surface area contributed by atoms with Crippen molar-refractivity contribution >= 4 is 19.7 Å². The predicted octanol–water partition coefficient (Wildman–Crippen LogP) is 20.6. The summed E-state index contributed by atoms with van der Waals surface area (Å²) in [7, 11) is 1.14. The fourth-order valence-electron chi connectivity index (χ4n) is 8.92. The second kappa shape index (κ2) is 61.2. The van der Waals surface area contributed by atoms with Gasteiger partial charge >= 0.3 is 5.97 Å². The van der Waals surface area contributed by atoms with Crippen LogP contribution in [0.4, 0.5) is 0 Å². The topological polar surface area (TPSA) is 114 Å². The number of ether oxygens (including phenoxy) is 1. The van der Waals surface area contributed by atoms with Crippen molar-refractivity contribution in [3.8, 4) is 0 Å². The second-order valence-electron chi connectivity index (χ2n) is 23.2. The smallest absolute Gasteiger partial charge is 0.306 e. The molecule has 1 N–H and O–H groups in total. The molecule has 0 aromatic heterocycles. The lowest BCUT2D eigenvalue weighted by atomic mass is 10.0. The first kappa shape index (κ1) is 79.2. The van der Waals surface area contributed by atoms with Gasteiger partial charge < -0.3 is 28.5 Å². The summed E-state index contributed by atoms with van der Waals surface area (Å²) >= 11 is 0. The molecule has 0 heterocycles. The van der Waals surface area contributed by atoms with E-state index in [-0.39, 0.29) is 31.3 Å². The number of carbonyl (C=O) groups is 2. The monoisotopic (exact) mass is 1170 g/mol. The Labute approximate surface area is 511 Å². The van der Waals surface area contributed by atoms with Crippen LogP contribution < -0.4 is 10.2 Å². The molecule has 0 fully saturated rings. The van der Waals surface area contributed by atoms with Crippen LogP contribution in [0.2, 0.25) is 0 Å². The van der Waals surface area contributed by atoms with E-state index in [9.17, 15) is 19.0 Å². The number of nitrogens with zero attached hydrogens (tertiary/aromatic N) is 1. The Morgan fingerprint density at radius 2 is 0.771 bits per heavy atom. The standard InChI is InChI=1S/C73H125N2O7P/c1-7-10-13-16-19-22-25-28-30-32-34-35-36-37-38-39-41-43-45-48-51-54-57-60-63-66-73(77)82-71(64-61-58-55-52-49-46-27-24-21-18-15-12-9-3)70(69-81-83(78,79)80-68-67-75(4,5)6)74-72(76)65-62-59-56-53-50-47-44-42-40-33-31-29-26-23-20-17-14-11-8-2/h10,13,19-20,22-23,28-31,34-35,37-38,40-43,47,50,61,64,70-71H,7-9,11-12,14-18,21,24-27,32-33,36,39,44-46,48-49,51-60,62-63,65-69H2,1-6H3,(H-,74,76,78,79)/b13-10-,22-19-,23-20-,30-28-,31-29-,35-34-,38-37-,42-40-,43-41-,50-47-,64-61-. The maximum absolute atomic E-state index is 13.6. The Morgan fingerprint density at radius 3 is 1.19 bits per heavy atom. The number of carbonyl (C=O) groups excluding carboxylic acids is 2. The molecule has 0 aliphatic carbocycles. The first-order valence-corrected chi connectivity index (χ1v) is 35.0. The highest BCUT2D eigenvalue weighted by atomic mass is 31.2. The normalized spacial score (nSPS) is 14.4. The first-order valence-electron chi connectivity index (χ1n) is 33.5. The zero-order chi connectivity index (χ0) is 60.7. The number of allylic oxidation sites excluding steroid dienone is 21. The molecule has 0 spiro atoms. The Morgan fingerprint density at radius 1 is 0.434 bits per heavy atom. The average molecular weight is 1170 g/mol. The molecule has 0 aliphatic heterocycles. The third-order valence-corrected chi connectivity index (χ3v) is 15.0. The lowest BCUT2D eigenvalue weighted by molar-refractivity contribution is -0.870. The van der Waals surface area contributed by atoms with Crippen LogP contribution in [0.1, 0.15) is 265 Å². The number of unbranched alkanes of at least 4 members (excludes halogenated alkanes) is 23. The minimum atomic E-state index is -4.73. The van der Waals surface area contributed by atoms with Crippen molar-refractivity contribution in [2.75, 3.05) is 40.9 Å². The van der Waals surface area contributed by atoms with Crippen molar-refractivity contribution in [1.82, 2.24) is 5.32 Å². The summed E-state index contributed by atoms with van der Waals surface area (Å²) in [6.07, 6.45) is 87.0. The van der Waals surface area contributed by atoms with E-state index >= 15 is 0 Å². The van der Waals surface area contributed by atoms with Crippen LogP contribution in [0.25, 0.3) is 0 Å². The van der Waals surface area contributed by atoms with Gasteiger partial charge in [-0.05, 0) is 128 Å². The van der Waals surface area contributed by atoms with Crippen molar-refractivity contribution < 1.29 is 37.3 Å². The van der Waals surface area contributed by atoms with Crippen LogP contribution in [0.5, 0.6) is 0 Å². The quantitative estimate of drug-likeness (QED) is 0.0212.